The zero-order chi connectivity index (χ0) is 9.84. The van der Waals surface area contributed by atoms with Crippen LogP contribution < -0.4 is 0 Å². The van der Waals surface area contributed by atoms with E-state index in [1.54, 1.807) is 0 Å². The number of aliphatic hydroxyl groups is 1. The van der Waals surface area contributed by atoms with Crippen LogP contribution in [0, 0.1) is 20.8 Å². The van der Waals surface area contributed by atoms with Crippen molar-refractivity contribution in [2.75, 3.05) is 6.61 Å². The highest BCUT2D eigenvalue weighted by Crippen LogP contribution is 2.14. The van der Waals surface area contributed by atoms with Crippen LogP contribution in [0.25, 0.3) is 0 Å². The lowest BCUT2D eigenvalue weighted by molar-refractivity contribution is 0.281. The smallest absolute Gasteiger partial charge is 0.0431 e. The molecule has 0 fully saturated rings. The number of aliphatic hydroxyl groups excluding tert-OH is 1. The van der Waals surface area contributed by atoms with Gasteiger partial charge in [-0.1, -0.05) is 0 Å². The number of aromatic nitrogens is 1. The van der Waals surface area contributed by atoms with Crippen molar-refractivity contribution in [2.45, 2.75) is 40.2 Å². The molecular formula is C11H19NO. The lowest BCUT2D eigenvalue weighted by Gasteiger charge is -2.05. The van der Waals surface area contributed by atoms with E-state index in [9.17, 15) is 0 Å². The summed E-state index contributed by atoms with van der Waals surface area (Å²) < 4.78 is 2.28. The average Bonchev–Trinajstić information content (AvgIpc) is 2.34. The predicted molar refractivity (Wildman–Crippen MR) is 55.0 cm³/mol. The van der Waals surface area contributed by atoms with E-state index in [0.717, 1.165) is 19.4 Å². The van der Waals surface area contributed by atoms with E-state index in [1.807, 2.05) is 0 Å². The maximum Gasteiger partial charge on any atom is 0.0431 e. The Morgan fingerprint density at radius 2 is 1.92 bits per heavy atom. The Bertz CT molecular complexity index is 276. The summed E-state index contributed by atoms with van der Waals surface area (Å²) in [6.45, 7) is 7.79. The molecule has 0 atom stereocenters. The highest BCUT2D eigenvalue weighted by atomic mass is 16.2. The molecule has 0 aliphatic rings. The monoisotopic (exact) mass is 181 g/mol. The van der Waals surface area contributed by atoms with Gasteiger partial charge < -0.3 is 9.67 Å². The Kier molecular flexibility index (Phi) is 3.55. The van der Waals surface area contributed by atoms with Crippen LogP contribution in [0.4, 0.5) is 0 Å². The number of aryl methyl sites for hydroxylation is 2. The van der Waals surface area contributed by atoms with Crippen molar-refractivity contribution in [2.24, 2.45) is 0 Å². The standard InChI is InChI=1S/C11H19NO/c1-9-8-12(6-4-5-7-13)11(3)10(9)2/h8,13H,4-7H2,1-3H3. The maximum atomic E-state index is 8.66. The average molecular weight is 181 g/mol. The normalized spacial score (nSPS) is 10.8. The van der Waals surface area contributed by atoms with Crippen molar-refractivity contribution in [1.82, 2.24) is 4.57 Å². The van der Waals surface area contributed by atoms with E-state index in [0.29, 0.717) is 6.61 Å². The molecule has 0 radical (unpaired) electrons. The first-order chi connectivity index (χ1) is 6.16. The molecule has 0 unspecified atom stereocenters. The van der Waals surface area contributed by atoms with Gasteiger partial charge in [0.2, 0.25) is 0 Å². The molecule has 0 aliphatic heterocycles. The summed E-state index contributed by atoms with van der Waals surface area (Å²) in [6, 6.07) is 0. The van der Waals surface area contributed by atoms with Gasteiger partial charge in [0.05, 0.1) is 0 Å². The second kappa shape index (κ2) is 4.47. The SMILES string of the molecule is Cc1cn(CCCCO)c(C)c1C. The minimum atomic E-state index is 0.304. The molecule has 1 N–H and O–H groups in total. The maximum absolute atomic E-state index is 8.66. The molecule has 0 saturated carbocycles. The number of rotatable bonds is 4. The van der Waals surface area contributed by atoms with Crippen molar-refractivity contribution in [3.05, 3.63) is 23.0 Å². The Morgan fingerprint density at radius 3 is 2.38 bits per heavy atom. The van der Waals surface area contributed by atoms with Crippen molar-refractivity contribution >= 4 is 0 Å². The Morgan fingerprint density at radius 1 is 1.23 bits per heavy atom. The van der Waals surface area contributed by atoms with Crippen molar-refractivity contribution in [3.8, 4) is 0 Å². The fourth-order valence-electron chi connectivity index (χ4n) is 1.55. The van der Waals surface area contributed by atoms with Gasteiger partial charge in [-0.15, -0.1) is 0 Å². The van der Waals surface area contributed by atoms with E-state index in [2.05, 4.69) is 31.5 Å². The number of nitrogens with zero attached hydrogens (tertiary/aromatic N) is 1. The van der Waals surface area contributed by atoms with Crippen LogP contribution in [0.1, 0.15) is 29.7 Å². The van der Waals surface area contributed by atoms with E-state index in [1.165, 1.54) is 16.8 Å². The van der Waals surface area contributed by atoms with Crippen LogP contribution in [-0.2, 0) is 6.54 Å². The van der Waals surface area contributed by atoms with Gasteiger partial charge in [0, 0.05) is 25.0 Å². The number of hydrogen-bond donors (Lipinski definition) is 1. The minimum absolute atomic E-state index is 0.304. The minimum Gasteiger partial charge on any atom is -0.396 e. The van der Waals surface area contributed by atoms with Gasteiger partial charge in [-0.2, -0.15) is 0 Å². The molecule has 0 saturated heterocycles. The fourth-order valence-corrected chi connectivity index (χ4v) is 1.55. The summed E-state index contributed by atoms with van der Waals surface area (Å²) in [4.78, 5) is 0. The molecule has 0 aliphatic carbocycles. The molecule has 1 aromatic rings. The zero-order valence-electron chi connectivity index (χ0n) is 8.80. The summed E-state index contributed by atoms with van der Waals surface area (Å²) in [5, 5.41) is 8.66. The number of unbranched alkanes of at least 4 members (excludes halogenated alkanes) is 1. The number of hydrogen-bond acceptors (Lipinski definition) is 1. The second-order valence-electron chi connectivity index (χ2n) is 3.65. The van der Waals surface area contributed by atoms with Crippen LogP contribution in [0.2, 0.25) is 0 Å². The zero-order valence-corrected chi connectivity index (χ0v) is 8.80. The summed E-state index contributed by atoms with van der Waals surface area (Å²) in [5.74, 6) is 0. The van der Waals surface area contributed by atoms with Crippen LogP contribution in [-0.4, -0.2) is 16.3 Å². The molecule has 0 aromatic carbocycles. The molecule has 1 heterocycles. The van der Waals surface area contributed by atoms with Gasteiger partial charge in [0.1, 0.15) is 0 Å². The first kappa shape index (κ1) is 10.3. The first-order valence-corrected chi connectivity index (χ1v) is 4.90. The van der Waals surface area contributed by atoms with Gasteiger partial charge in [-0.05, 0) is 44.7 Å². The topological polar surface area (TPSA) is 25.2 Å². The first-order valence-electron chi connectivity index (χ1n) is 4.90. The van der Waals surface area contributed by atoms with Crippen LogP contribution in [0.15, 0.2) is 6.20 Å². The van der Waals surface area contributed by atoms with E-state index >= 15 is 0 Å². The second-order valence-corrected chi connectivity index (χ2v) is 3.65. The van der Waals surface area contributed by atoms with E-state index in [4.69, 9.17) is 5.11 Å². The molecule has 13 heavy (non-hydrogen) atoms. The fraction of sp³-hybridized carbons (Fsp3) is 0.636. The summed E-state index contributed by atoms with van der Waals surface area (Å²) in [5.41, 5.74) is 4.11. The molecule has 1 aromatic heterocycles. The van der Waals surface area contributed by atoms with E-state index < -0.39 is 0 Å². The van der Waals surface area contributed by atoms with E-state index in [-0.39, 0.29) is 0 Å². The summed E-state index contributed by atoms with van der Waals surface area (Å²) in [6.07, 6.45) is 4.16. The molecular weight excluding hydrogens is 162 g/mol. The molecule has 0 spiro atoms. The van der Waals surface area contributed by atoms with Crippen molar-refractivity contribution < 1.29 is 5.11 Å². The predicted octanol–water partition coefficient (Wildman–Crippen LogP) is 2.19. The molecule has 1 rings (SSSR count). The lowest BCUT2D eigenvalue weighted by Crippen LogP contribution is -1.99. The van der Waals surface area contributed by atoms with Crippen molar-refractivity contribution in [3.63, 3.8) is 0 Å². The quantitative estimate of drug-likeness (QED) is 0.708. The summed E-state index contributed by atoms with van der Waals surface area (Å²) in [7, 11) is 0. The third-order valence-corrected chi connectivity index (χ3v) is 2.72. The van der Waals surface area contributed by atoms with Gasteiger partial charge in [0.25, 0.3) is 0 Å². The highest BCUT2D eigenvalue weighted by molar-refractivity contribution is 5.28. The van der Waals surface area contributed by atoms with Gasteiger partial charge >= 0.3 is 0 Å². The van der Waals surface area contributed by atoms with Gasteiger partial charge in [-0.3, -0.25) is 0 Å². The molecule has 0 amide bonds. The summed E-state index contributed by atoms with van der Waals surface area (Å²) >= 11 is 0. The Labute approximate surface area is 80.2 Å². The molecule has 2 heteroatoms. The molecule has 0 bridgehead atoms. The molecule has 2 nitrogen and oxygen atoms in total. The third-order valence-electron chi connectivity index (χ3n) is 2.72. The van der Waals surface area contributed by atoms with Crippen LogP contribution >= 0.6 is 0 Å². The van der Waals surface area contributed by atoms with Crippen molar-refractivity contribution in [1.29, 1.82) is 0 Å². The van der Waals surface area contributed by atoms with Crippen LogP contribution in [0.5, 0.6) is 0 Å². The Hall–Kier alpha value is -0.760. The van der Waals surface area contributed by atoms with Gasteiger partial charge in [0.15, 0.2) is 0 Å². The third kappa shape index (κ3) is 2.34. The van der Waals surface area contributed by atoms with Gasteiger partial charge in [-0.25, -0.2) is 0 Å². The van der Waals surface area contributed by atoms with Crippen LogP contribution in [0.3, 0.4) is 0 Å². The molecule has 74 valence electrons. The largest absolute Gasteiger partial charge is 0.396 e. The lowest BCUT2D eigenvalue weighted by atomic mass is 10.2. The Balaban J connectivity index is 2.61. The highest BCUT2D eigenvalue weighted by Gasteiger charge is 2.03.